The van der Waals surface area contributed by atoms with E-state index in [4.69, 9.17) is 19.1 Å². The van der Waals surface area contributed by atoms with Crippen molar-refractivity contribution in [2.75, 3.05) is 33.7 Å². The van der Waals surface area contributed by atoms with Crippen LogP contribution in [0.3, 0.4) is 0 Å². The molecule has 1 aliphatic rings. The SMILES string of the molecule is COOSc1ncc2cc(C(=O)c3ccc(F)cc3)n(-c3c(F)cccc3F)c2n1.COOSc1ncc2cc(C(=O)c3ccc(F)cc3)n(-c3c(F)cccc3F)c2n1.CSc1ncc2cc(C(=O)c3ccc(F)cc3)n(-c3c(F)cccc3F)c2n1.NC1CCOCC1.O=C(c1ccc(F)cc1)c1cc2cnc(CS)nc2n1-c1c(F)cccc1F. The number of hydrogen-bond donors (Lipinski definition) is 2. The third kappa shape index (κ3) is 19.9. The van der Waals surface area contributed by atoms with Crippen molar-refractivity contribution in [1.29, 1.82) is 0 Å². The molecule has 123 heavy (non-hydrogen) atoms. The number of hydrogen-bond acceptors (Lipinski definition) is 22. The standard InChI is InChI=1S/2C20H12F3N3O3S.2C20H12F3N3OS.C5H11NO/c2*1-28-29-30-20-24-10-12-9-16(18(27)11-5-7-13(21)8-6-11)26(19(12)25-20)17-14(22)3-2-4-15(17)23;1-28-20-24-10-12-9-16(18(27)11-5-7-13(21)8-6-11)26(19(12)25-20)17-14(22)3-2-4-15(17)23;21-13-6-4-11(5-7-13)19(27)16-8-12-9-24-17(10-28)25-20(12)26(16)18-14(22)2-1-3-15(18)23;6-5-1-3-7-4-2-5/h2*2-10H,1H3;2-10H,1H3;1-9,28H,10H2;5H,1-4,6H2. The molecule has 0 spiro atoms. The van der Waals surface area contributed by atoms with Crippen molar-refractivity contribution in [3.05, 3.63) is 340 Å². The molecule has 1 aliphatic heterocycles. The van der Waals surface area contributed by atoms with Gasteiger partial charge in [0.2, 0.25) is 33.4 Å². The van der Waals surface area contributed by atoms with Crippen LogP contribution in [-0.4, -0.2) is 121 Å². The number of halogens is 12. The molecule has 0 amide bonds. The Labute approximate surface area is 706 Å². The molecule has 16 aromatic rings. The molecular formula is C85H59F12N13O9S4. The van der Waals surface area contributed by atoms with Gasteiger partial charge in [-0.3, -0.25) is 37.4 Å². The number of carbonyl (C=O) groups excluding carboxylic acids is 4. The Kier molecular flexibility index (Phi) is 28.5. The van der Waals surface area contributed by atoms with E-state index >= 15 is 0 Å². The number of thiol groups is 1. The van der Waals surface area contributed by atoms with Crippen LogP contribution < -0.4 is 5.73 Å². The van der Waals surface area contributed by atoms with Crippen LogP contribution in [0.5, 0.6) is 0 Å². The molecule has 0 aliphatic carbocycles. The number of fused-ring (bicyclic) bond motifs is 4. The third-order valence-electron chi connectivity index (χ3n) is 18.1. The van der Waals surface area contributed by atoms with E-state index in [9.17, 15) is 71.9 Å². The van der Waals surface area contributed by atoms with E-state index in [2.05, 4.69) is 62.3 Å². The van der Waals surface area contributed by atoms with Gasteiger partial charge in [0.05, 0.1) is 42.7 Å². The Morgan fingerprint density at radius 2 is 0.642 bits per heavy atom. The largest absolute Gasteiger partial charge is 0.381 e. The summed E-state index contributed by atoms with van der Waals surface area (Å²) in [7, 11) is 2.59. The Morgan fingerprint density at radius 3 is 0.886 bits per heavy atom. The van der Waals surface area contributed by atoms with Crippen molar-refractivity contribution in [2.45, 2.75) is 40.1 Å². The maximum atomic E-state index is 14.6. The summed E-state index contributed by atoms with van der Waals surface area (Å²) in [6.07, 6.45) is 9.58. The van der Waals surface area contributed by atoms with Gasteiger partial charge in [-0.15, -0.1) is 0 Å². The summed E-state index contributed by atoms with van der Waals surface area (Å²) in [5.41, 5.74) is 4.81. The smallest absolute Gasteiger partial charge is 0.220 e. The van der Waals surface area contributed by atoms with E-state index in [-0.39, 0.29) is 83.7 Å². The van der Waals surface area contributed by atoms with Gasteiger partial charge < -0.3 is 10.5 Å². The lowest BCUT2D eigenvalue weighted by Crippen LogP contribution is -2.28. The van der Waals surface area contributed by atoms with E-state index in [1.807, 2.05) is 0 Å². The van der Waals surface area contributed by atoms with E-state index in [1.165, 1.54) is 148 Å². The number of nitrogens with zero attached hydrogens (tertiary/aromatic N) is 12. The maximum absolute atomic E-state index is 14.6. The van der Waals surface area contributed by atoms with Crippen molar-refractivity contribution in [1.82, 2.24) is 58.1 Å². The number of carbonyl (C=O) groups is 4. The highest BCUT2D eigenvalue weighted by Crippen LogP contribution is 2.36. The summed E-state index contributed by atoms with van der Waals surface area (Å²) in [6, 6.07) is 39.2. The summed E-state index contributed by atoms with van der Waals surface area (Å²) >= 11 is 6.77. The van der Waals surface area contributed by atoms with Gasteiger partial charge in [0, 0.05) is 87.8 Å². The molecule has 8 aromatic heterocycles. The number of aromatic nitrogens is 12. The van der Waals surface area contributed by atoms with Crippen molar-refractivity contribution < 1.29 is 95.0 Å². The first-order chi connectivity index (χ1) is 59.4. The molecule has 1 fully saturated rings. The van der Waals surface area contributed by atoms with Crippen LogP contribution in [0.1, 0.15) is 82.9 Å². The quantitative estimate of drug-likeness (QED) is 0.0105. The average Bonchev–Trinajstić information content (AvgIpc) is 1.63. The van der Waals surface area contributed by atoms with Crippen LogP contribution in [0.2, 0.25) is 0 Å². The number of benzene rings is 8. The number of thioether (sulfide) groups is 1. The molecule has 17 rings (SSSR count). The van der Waals surface area contributed by atoms with Crippen LogP contribution in [0.25, 0.3) is 66.9 Å². The van der Waals surface area contributed by atoms with E-state index in [1.54, 1.807) is 6.26 Å². The maximum Gasteiger partial charge on any atom is 0.220 e. The first-order valence-electron chi connectivity index (χ1n) is 36.1. The first kappa shape index (κ1) is 88.0. The fourth-order valence-corrected chi connectivity index (χ4v) is 13.6. The normalized spacial score (nSPS) is 12.0. The highest BCUT2D eigenvalue weighted by Gasteiger charge is 2.30. The lowest BCUT2D eigenvalue weighted by Gasteiger charge is -2.16. The van der Waals surface area contributed by atoms with Gasteiger partial charge in [0.15, 0.2) is 5.16 Å². The minimum Gasteiger partial charge on any atom is -0.381 e. The van der Waals surface area contributed by atoms with Crippen molar-refractivity contribution in [3.63, 3.8) is 0 Å². The molecular weight excluding hydrogens is 1700 g/mol. The van der Waals surface area contributed by atoms with Crippen LogP contribution in [0, 0.1) is 69.8 Å². The lowest BCUT2D eigenvalue weighted by molar-refractivity contribution is -0.160. The van der Waals surface area contributed by atoms with Crippen LogP contribution in [0.4, 0.5) is 52.7 Å². The van der Waals surface area contributed by atoms with Gasteiger partial charge in [0.1, 0.15) is 145 Å². The van der Waals surface area contributed by atoms with Gasteiger partial charge >= 0.3 is 0 Å². The van der Waals surface area contributed by atoms with Crippen molar-refractivity contribution in [3.8, 4) is 22.7 Å². The third-order valence-corrected chi connectivity index (χ3v) is 20.0. The predicted molar refractivity (Wildman–Crippen MR) is 435 cm³/mol. The van der Waals surface area contributed by atoms with E-state index < -0.39 is 116 Å². The minimum atomic E-state index is -0.887. The van der Waals surface area contributed by atoms with Crippen molar-refractivity contribution >= 4 is 116 Å². The summed E-state index contributed by atoms with van der Waals surface area (Å²) in [5.74, 6) is -10.6. The number of rotatable bonds is 20. The monoisotopic (exact) mass is 1760 g/mol. The molecule has 0 saturated carbocycles. The topological polar surface area (TPSA) is 263 Å². The number of ketones is 4. The zero-order chi connectivity index (χ0) is 87.3. The van der Waals surface area contributed by atoms with Crippen LogP contribution in [-0.2, 0) is 28.9 Å². The first-order valence-corrected chi connectivity index (χ1v) is 39.5. The molecule has 2 N–H and O–H groups in total. The van der Waals surface area contributed by atoms with Crippen molar-refractivity contribution in [2.24, 2.45) is 5.73 Å². The highest BCUT2D eigenvalue weighted by molar-refractivity contribution is 7.98. The summed E-state index contributed by atoms with van der Waals surface area (Å²) < 4.78 is 189. The molecule has 8 aromatic carbocycles. The molecule has 22 nitrogen and oxygen atoms in total. The number of nitrogens with two attached hydrogens (primary N) is 1. The highest BCUT2D eigenvalue weighted by atomic mass is 32.2. The summed E-state index contributed by atoms with van der Waals surface area (Å²) in [4.78, 5) is 94.8. The Hall–Kier alpha value is -12.8. The second kappa shape index (κ2) is 39.8. The second-order valence-electron chi connectivity index (χ2n) is 25.9. The van der Waals surface area contributed by atoms with E-state index in [0.29, 0.717) is 62.7 Å². The molecule has 0 atom stereocenters. The molecule has 38 heteroatoms. The summed E-state index contributed by atoms with van der Waals surface area (Å²) in [5, 5.41) is 2.20. The summed E-state index contributed by atoms with van der Waals surface area (Å²) in [6.45, 7) is 1.72. The van der Waals surface area contributed by atoms with Gasteiger partial charge in [-0.2, -0.15) is 21.3 Å². The van der Waals surface area contributed by atoms with Gasteiger partial charge in [0.25, 0.3) is 0 Å². The molecule has 626 valence electrons. The number of para-hydroxylation sites is 4. The van der Waals surface area contributed by atoms with Crippen LogP contribution >= 0.6 is 48.5 Å². The second-order valence-corrected chi connectivity index (χ2v) is 28.3. The predicted octanol–water partition coefficient (Wildman–Crippen LogP) is 18.7. The zero-order valence-electron chi connectivity index (χ0n) is 63.7. The molecule has 1 saturated heterocycles. The van der Waals surface area contributed by atoms with Gasteiger partial charge in [-0.1, -0.05) is 36.0 Å². The average molecular weight is 1760 g/mol. The van der Waals surface area contributed by atoms with Crippen LogP contribution in [0.15, 0.2) is 234 Å². The minimum absolute atomic E-state index is 0.00170. The Morgan fingerprint density at radius 1 is 0.390 bits per heavy atom. The Bertz CT molecular complexity index is 6140. The fraction of sp³-hybridized carbons (Fsp3) is 0.106. The Balaban J connectivity index is 0.000000137. The lowest BCUT2D eigenvalue weighted by atomic mass is 10.1. The van der Waals surface area contributed by atoms with Gasteiger partial charge in [-0.25, -0.2) is 102 Å². The number of ether oxygens (including phenoxy) is 1. The fourth-order valence-electron chi connectivity index (χ4n) is 12.4. The molecule has 0 bridgehead atoms. The molecule has 9 heterocycles. The molecule has 0 unspecified atom stereocenters. The zero-order valence-corrected chi connectivity index (χ0v) is 67.1. The van der Waals surface area contributed by atoms with E-state index in [0.717, 1.165) is 141 Å². The van der Waals surface area contributed by atoms with Gasteiger partial charge in [-0.05, 0) is 189 Å². The molecule has 0 radical (unpaired) electrons.